The van der Waals surface area contributed by atoms with Crippen molar-refractivity contribution in [1.82, 2.24) is 0 Å². The van der Waals surface area contributed by atoms with E-state index in [0.29, 0.717) is 19.8 Å². The minimum atomic E-state index is -0.0153. The molecule has 0 aromatic carbocycles. The van der Waals surface area contributed by atoms with E-state index >= 15 is 0 Å². The average molecular weight is 307 g/mol. The summed E-state index contributed by atoms with van der Waals surface area (Å²) >= 11 is 0.608. The summed E-state index contributed by atoms with van der Waals surface area (Å²) in [5.41, 5.74) is 0. The summed E-state index contributed by atoms with van der Waals surface area (Å²) in [6, 6.07) is 0. The molecule has 0 bridgehead atoms. The van der Waals surface area contributed by atoms with Crippen LogP contribution in [0.2, 0.25) is 10.6 Å². The Morgan fingerprint density at radius 2 is 1.35 bits per heavy atom. The van der Waals surface area contributed by atoms with Crippen LogP contribution >= 0.6 is 0 Å². The zero-order chi connectivity index (χ0) is 12.9. The van der Waals surface area contributed by atoms with Gasteiger partial charge in [-0.1, -0.05) is 0 Å². The third-order valence-corrected chi connectivity index (χ3v) is 5.85. The zero-order valence-electron chi connectivity index (χ0n) is 12.1. The number of hydrogen-bond donors (Lipinski definition) is 1. The van der Waals surface area contributed by atoms with E-state index in [2.05, 4.69) is 19.7 Å². The Labute approximate surface area is 115 Å². The third-order valence-electron chi connectivity index (χ3n) is 3.43. The Balaban J connectivity index is 3.60. The topological polar surface area (TPSA) is 20.2 Å². The van der Waals surface area contributed by atoms with Crippen LogP contribution < -0.4 is 0 Å². The van der Waals surface area contributed by atoms with Crippen molar-refractivity contribution < 1.29 is 5.11 Å². The van der Waals surface area contributed by atoms with E-state index < -0.39 is 0 Å². The van der Waals surface area contributed by atoms with Gasteiger partial charge in [-0.15, -0.1) is 0 Å². The first kappa shape index (κ1) is 17.5. The van der Waals surface area contributed by atoms with E-state index in [9.17, 15) is 5.11 Å². The van der Waals surface area contributed by atoms with Crippen LogP contribution in [0.15, 0.2) is 0 Å². The Kier molecular flexibility index (Phi) is 13.3. The second kappa shape index (κ2) is 12.9. The van der Waals surface area contributed by atoms with Gasteiger partial charge in [0.25, 0.3) is 0 Å². The van der Waals surface area contributed by atoms with Crippen molar-refractivity contribution in [2.75, 3.05) is 0 Å². The molecule has 0 aromatic heterocycles. The van der Waals surface area contributed by atoms with Gasteiger partial charge in [-0.25, -0.2) is 0 Å². The molecule has 2 atom stereocenters. The van der Waals surface area contributed by atoms with E-state index in [1.54, 1.807) is 0 Å². The van der Waals surface area contributed by atoms with Gasteiger partial charge in [0.1, 0.15) is 0 Å². The molecule has 0 aliphatic carbocycles. The number of unbranched alkanes of at least 4 members (excludes halogenated alkanes) is 6. The van der Waals surface area contributed by atoms with Gasteiger partial charge in [0, 0.05) is 0 Å². The maximum absolute atomic E-state index is 10.2. The van der Waals surface area contributed by atoms with Gasteiger partial charge in [-0.05, 0) is 0 Å². The van der Waals surface area contributed by atoms with Crippen LogP contribution in [0.5, 0.6) is 0 Å². The van der Waals surface area contributed by atoms with E-state index in [4.69, 9.17) is 0 Å². The van der Waals surface area contributed by atoms with Crippen molar-refractivity contribution in [2.24, 2.45) is 0 Å². The van der Waals surface area contributed by atoms with Gasteiger partial charge in [-0.2, -0.15) is 0 Å². The summed E-state index contributed by atoms with van der Waals surface area (Å²) in [5, 5.41) is 10.2. The molecule has 0 fully saturated rings. The predicted octanol–water partition coefficient (Wildman–Crippen LogP) is 4.83. The molecule has 1 N–H and O–H groups in total. The molecule has 2 heteroatoms. The van der Waals surface area contributed by atoms with Crippen LogP contribution in [0.4, 0.5) is 0 Å². The number of aliphatic hydroxyl groups excluding tert-OH is 1. The summed E-state index contributed by atoms with van der Waals surface area (Å²) in [7, 11) is 0. The second-order valence-corrected chi connectivity index (χ2v) is 7.30. The number of hydrogen-bond acceptors (Lipinski definition) is 1. The Morgan fingerprint density at radius 3 is 1.82 bits per heavy atom. The zero-order valence-corrected chi connectivity index (χ0v) is 13.8. The van der Waals surface area contributed by atoms with Crippen molar-refractivity contribution >= 4 is 15.0 Å². The van der Waals surface area contributed by atoms with E-state index in [1.165, 1.54) is 57.8 Å². The summed E-state index contributed by atoms with van der Waals surface area (Å²) in [6.07, 6.45) is 12.7. The fraction of sp³-hybridized carbons (Fsp3) is 1.00. The van der Waals surface area contributed by atoms with Crippen molar-refractivity contribution in [3.05, 3.63) is 0 Å². The predicted molar refractivity (Wildman–Crippen MR) is 78.9 cm³/mol. The molecule has 104 valence electrons. The fourth-order valence-corrected chi connectivity index (χ4v) is 3.99. The van der Waals surface area contributed by atoms with Crippen LogP contribution in [0.3, 0.4) is 0 Å². The van der Waals surface area contributed by atoms with Crippen LogP contribution in [0.1, 0.15) is 78.1 Å². The van der Waals surface area contributed by atoms with E-state index in [-0.39, 0.29) is 6.10 Å². The minimum absolute atomic E-state index is 0.0153. The summed E-state index contributed by atoms with van der Waals surface area (Å²) in [6.45, 7) is 4.49. The average Bonchev–Trinajstić information content (AvgIpc) is 2.34. The van der Waals surface area contributed by atoms with Crippen molar-refractivity contribution in [3.63, 3.8) is 0 Å². The quantitative estimate of drug-likeness (QED) is 0.404. The first-order valence-corrected chi connectivity index (χ1v) is 10.2. The van der Waals surface area contributed by atoms with Gasteiger partial charge in [0.2, 0.25) is 0 Å². The molecule has 0 amide bonds. The molecule has 0 aliphatic heterocycles. The van der Waals surface area contributed by atoms with Crippen LogP contribution in [0.25, 0.3) is 0 Å². The molecule has 0 saturated heterocycles. The number of rotatable bonds is 12. The molecule has 17 heavy (non-hydrogen) atoms. The van der Waals surface area contributed by atoms with Crippen molar-refractivity contribution in [2.45, 2.75) is 94.8 Å². The van der Waals surface area contributed by atoms with Gasteiger partial charge < -0.3 is 0 Å². The third kappa shape index (κ3) is 10.1. The second-order valence-electron chi connectivity index (χ2n) is 5.04. The first-order valence-electron chi connectivity index (χ1n) is 7.47. The molecule has 0 radical (unpaired) electrons. The molecule has 0 spiro atoms. The van der Waals surface area contributed by atoms with Crippen molar-refractivity contribution in [1.29, 1.82) is 0 Å². The Bertz CT molecular complexity index is 150. The summed E-state index contributed by atoms with van der Waals surface area (Å²) in [4.78, 5) is 0.612. The molecular weight excluding hydrogens is 275 g/mol. The van der Waals surface area contributed by atoms with E-state index in [1.807, 2.05) is 0 Å². The molecule has 0 aliphatic rings. The molecular formula is C15H32OSe. The molecule has 0 rings (SSSR count). The van der Waals surface area contributed by atoms with Crippen LogP contribution in [0, 0.1) is 0 Å². The molecule has 0 saturated carbocycles. The normalized spacial score (nSPS) is 14.8. The van der Waals surface area contributed by atoms with Gasteiger partial charge in [0.15, 0.2) is 0 Å². The summed E-state index contributed by atoms with van der Waals surface area (Å²) in [5.74, 6) is 2.28. The molecule has 2 unspecified atom stereocenters. The van der Waals surface area contributed by atoms with Crippen molar-refractivity contribution in [3.8, 4) is 0 Å². The SMILES string of the molecule is CCCCCCC(O)C(CCCCCC)[Se]C. The Morgan fingerprint density at radius 1 is 0.824 bits per heavy atom. The monoisotopic (exact) mass is 308 g/mol. The standard InChI is InChI=1S/C15H32OSe/c1-4-6-8-10-12-14(16)15(17-3)13-11-9-7-5-2/h14-16H,4-13H2,1-3H3. The Hall–Kier alpha value is 0.479. The molecule has 0 heterocycles. The van der Waals surface area contributed by atoms with Crippen LogP contribution in [-0.2, 0) is 0 Å². The molecule has 0 aromatic rings. The van der Waals surface area contributed by atoms with Gasteiger partial charge >= 0.3 is 115 Å². The van der Waals surface area contributed by atoms with Gasteiger partial charge in [-0.3, -0.25) is 0 Å². The maximum atomic E-state index is 10.2. The fourth-order valence-electron chi connectivity index (χ4n) is 2.21. The molecule has 1 nitrogen and oxygen atoms in total. The first-order chi connectivity index (χ1) is 8.26. The van der Waals surface area contributed by atoms with Gasteiger partial charge in [0.05, 0.1) is 0 Å². The van der Waals surface area contributed by atoms with Crippen LogP contribution in [-0.4, -0.2) is 26.2 Å². The van der Waals surface area contributed by atoms with E-state index in [0.717, 1.165) is 6.42 Å². The summed E-state index contributed by atoms with van der Waals surface area (Å²) < 4.78 is 0. The number of aliphatic hydroxyl groups is 1.